The molecule has 80 valence electrons. The van der Waals surface area contributed by atoms with Gasteiger partial charge in [-0.15, -0.1) is 0 Å². The van der Waals surface area contributed by atoms with Crippen LogP contribution in [0, 0.1) is 0 Å². The molecular weight excluding hydrogens is 176 g/mol. The highest BCUT2D eigenvalue weighted by Gasteiger charge is 2.44. The number of amides is 1. The van der Waals surface area contributed by atoms with Crippen LogP contribution in [0.25, 0.3) is 0 Å². The summed E-state index contributed by atoms with van der Waals surface area (Å²) < 4.78 is 0. The van der Waals surface area contributed by atoms with Gasteiger partial charge in [0.1, 0.15) is 0 Å². The Hall–Kier alpha value is -0.570. The molecule has 2 N–H and O–H groups in total. The number of hydrogen-bond acceptors (Lipinski definition) is 2. The van der Waals surface area contributed by atoms with Crippen molar-refractivity contribution in [2.45, 2.75) is 57.0 Å². The molecule has 1 amide bonds. The van der Waals surface area contributed by atoms with E-state index in [0.29, 0.717) is 6.42 Å². The first kappa shape index (κ1) is 9.97. The van der Waals surface area contributed by atoms with E-state index in [1.54, 1.807) is 0 Å². The van der Waals surface area contributed by atoms with Crippen molar-refractivity contribution < 1.29 is 4.79 Å². The second kappa shape index (κ2) is 2.96. The van der Waals surface area contributed by atoms with Crippen molar-refractivity contribution in [1.82, 2.24) is 4.90 Å². The van der Waals surface area contributed by atoms with Gasteiger partial charge >= 0.3 is 0 Å². The Morgan fingerprint density at radius 1 is 1.36 bits per heavy atom. The maximum atomic E-state index is 12.0. The SMILES string of the molecule is CC1(C)CCCN1C(=O)CC1(N)CC1. The Morgan fingerprint density at radius 3 is 2.43 bits per heavy atom. The lowest BCUT2D eigenvalue weighted by Gasteiger charge is -2.32. The van der Waals surface area contributed by atoms with Crippen LogP contribution in [0.1, 0.15) is 46.0 Å². The molecule has 0 bridgehead atoms. The van der Waals surface area contributed by atoms with Gasteiger partial charge in [-0.3, -0.25) is 4.79 Å². The van der Waals surface area contributed by atoms with Gasteiger partial charge < -0.3 is 10.6 Å². The van der Waals surface area contributed by atoms with Crippen molar-refractivity contribution >= 4 is 5.91 Å². The summed E-state index contributed by atoms with van der Waals surface area (Å²) >= 11 is 0. The zero-order valence-corrected chi connectivity index (χ0v) is 9.18. The predicted octanol–water partition coefficient (Wildman–Crippen LogP) is 1.27. The summed E-state index contributed by atoms with van der Waals surface area (Å²) in [7, 11) is 0. The molecule has 0 spiro atoms. The Labute approximate surface area is 85.6 Å². The molecule has 2 aliphatic rings. The molecule has 0 aromatic heterocycles. The molecule has 0 aromatic carbocycles. The second-order valence-corrected chi connectivity index (χ2v) is 5.50. The molecule has 3 nitrogen and oxygen atoms in total. The molecule has 2 rings (SSSR count). The first-order valence-corrected chi connectivity index (χ1v) is 5.52. The van der Waals surface area contributed by atoms with Crippen molar-refractivity contribution in [3.05, 3.63) is 0 Å². The topological polar surface area (TPSA) is 46.3 Å². The minimum atomic E-state index is -0.143. The molecular formula is C11H20N2O. The minimum Gasteiger partial charge on any atom is -0.338 e. The maximum absolute atomic E-state index is 12.0. The molecule has 1 saturated carbocycles. The van der Waals surface area contributed by atoms with Crippen LogP contribution >= 0.6 is 0 Å². The van der Waals surface area contributed by atoms with Crippen LogP contribution in [0.3, 0.4) is 0 Å². The van der Waals surface area contributed by atoms with E-state index >= 15 is 0 Å². The third-order valence-electron chi connectivity index (χ3n) is 3.60. The lowest BCUT2D eigenvalue weighted by Crippen LogP contribution is -2.45. The van der Waals surface area contributed by atoms with Crippen molar-refractivity contribution in [3.8, 4) is 0 Å². The lowest BCUT2D eigenvalue weighted by atomic mass is 10.0. The molecule has 0 atom stereocenters. The van der Waals surface area contributed by atoms with Crippen LogP contribution in [-0.4, -0.2) is 28.4 Å². The van der Waals surface area contributed by atoms with Crippen molar-refractivity contribution in [2.75, 3.05) is 6.54 Å². The molecule has 0 unspecified atom stereocenters. The predicted molar refractivity (Wildman–Crippen MR) is 55.8 cm³/mol. The minimum absolute atomic E-state index is 0.0579. The first-order chi connectivity index (χ1) is 6.43. The molecule has 1 saturated heterocycles. The van der Waals surface area contributed by atoms with Gasteiger partial charge in [-0.1, -0.05) is 0 Å². The van der Waals surface area contributed by atoms with Crippen LogP contribution in [0.5, 0.6) is 0 Å². The molecule has 2 fully saturated rings. The van der Waals surface area contributed by atoms with Crippen LogP contribution in [-0.2, 0) is 4.79 Å². The monoisotopic (exact) mass is 196 g/mol. The second-order valence-electron chi connectivity index (χ2n) is 5.50. The summed E-state index contributed by atoms with van der Waals surface area (Å²) in [5, 5.41) is 0. The van der Waals surface area contributed by atoms with Gasteiger partial charge in [-0.25, -0.2) is 0 Å². The zero-order valence-electron chi connectivity index (χ0n) is 9.18. The van der Waals surface area contributed by atoms with Gasteiger partial charge in [0.2, 0.25) is 5.91 Å². The fourth-order valence-electron chi connectivity index (χ4n) is 2.30. The lowest BCUT2D eigenvalue weighted by molar-refractivity contribution is -0.134. The Morgan fingerprint density at radius 2 is 2.00 bits per heavy atom. The molecule has 1 aliphatic carbocycles. The standard InChI is InChI=1S/C11H20N2O/c1-10(2)4-3-7-13(10)9(14)8-11(12)5-6-11/h3-8,12H2,1-2H3. The van der Waals surface area contributed by atoms with E-state index in [4.69, 9.17) is 5.73 Å². The van der Waals surface area contributed by atoms with Gasteiger partial charge in [0.25, 0.3) is 0 Å². The molecule has 1 heterocycles. The van der Waals surface area contributed by atoms with Crippen LogP contribution in [0.4, 0.5) is 0 Å². The van der Waals surface area contributed by atoms with E-state index in [1.165, 1.54) is 0 Å². The fourth-order valence-corrected chi connectivity index (χ4v) is 2.30. The Kier molecular flexibility index (Phi) is 2.11. The van der Waals surface area contributed by atoms with E-state index in [1.807, 2.05) is 4.90 Å². The van der Waals surface area contributed by atoms with Crippen molar-refractivity contribution in [1.29, 1.82) is 0 Å². The van der Waals surface area contributed by atoms with E-state index < -0.39 is 0 Å². The average molecular weight is 196 g/mol. The highest BCUT2D eigenvalue weighted by Crippen LogP contribution is 2.38. The normalized spacial score (nSPS) is 27.8. The fraction of sp³-hybridized carbons (Fsp3) is 0.909. The molecule has 0 radical (unpaired) electrons. The summed E-state index contributed by atoms with van der Waals surface area (Å²) in [5.41, 5.74) is 5.87. The summed E-state index contributed by atoms with van der Waals surface area (Å²) in [6.07, 6.45) is 4.85. The molecule has 0 aromatic rings. The van der Waals surface area contributed by atoms with E-state index in [9.17, 15) is 4.79 Å². The van der Waals surface area contributed by atoms with E-state index in [0.717, 1.165) is 32.2 Å². The van der Waals surface area contributed by atoms with Gasteiger partial charge in [-0.2, -0.15) is 0 Å². The van der Waals surface area contributed by atoms with Gasteiger partial charge in [0.15, 0.2) is 0 Å². The molecule has 14 heavy (non-hydrogen) atoms. The maximum Gasteiger partial charge on any atom is 0.224 e. The van der Waals surface area contributed by atoms with Crippen molar-refractivity contribution in [3.63, 3.8) is 0 Å². The summed E-state index contributed by atoms with van der Waals surface area (Å²) in [4.78, 5) is 14.0. The largest absolute Gasteiger partial charge is 0.338 e. The number of rotatable bonds is 2. The highest BCUT2D eigenvalue weighted by atomic mass is 16.2. The van der Waals surface area contributed by atoms with Gasteiger partial charge in [-0.05, 0) is 39.5 Å². The Balaban J connectivity index is 1.97. The van der Waals surface area contributed by atoms with E-state index in [2.05, 4.69) is 13.8 Å². The number of nitrogens with two attached hydrogens (primary N) is 1. The quantitative estimate of drug-likeness (QED) is 0.723. The number of carbonyl (C=O) groups excluding carboxylic acids is 1. The summed E-state index contributed by atoms with van der Waals surface area (Å²) in [6.45, 7) is 5.21. The van der Waals surface area contributed by atoms with Crippen LogP contribution in [0.15, 0.2) is 0 Å². The highest BCUT2D eigenvalue weighted by molar-refractivity contribution is 5.79. The number of nitrogens with zero attached hydrogens (tertiary/aromatic N) is 1. The number of hydrogen-bond donors (Lipinski definition) is 1. The third-order valence-corrected chi connectivity index (χ3v) is 3.60. The Bertz CT molecular complexity index is 256. The first-order valence-electron chi connectivity index (χ1n) is 5.52. The molecule has 1 aliphatic heterocycles. The number of carbonyl (C=O) groups is 1. The summed E-state index contributed by atoms with van der Waals surface area (Å²) in [6, 6.07) is 0. The number of likely N-dealkylation sites (tertiary alicyclic amines) is 1. The van der Waals surface area contributed by atoms with Gasteiger partial charge in [0, 0.05) is 24.0 Å². The summed E-state index contributed by atoms with van der Waals surface area (Å²) in [5.74, 6) is 0.257. The smallest absolute Gasteiger partial charge is 0.224 e. The van der Waals surface area contributed by atoms with Crippen LogP contribution in [0.2, 0.25) is 0 Å². The zero-order chi connectivity index (χ0) is 10.4. The van der Waals surface area contributed by atoms with Crippen molar-refractivity contribution in [2.24, 2.45) is 5.73 Å². The van der Waals surface area contributed by atoms with Gasteiger partial charge in [0.05, 0.1) is 0 Å². The average Bonchev–Trinajstić information content (AvgIpc) is 2.64. The van der Waals surface area contributed by atoms with E-state index in [-0.39, 0.29) is 17.0 Å². The third kappa shape index (κ3) is 1.78. The van der Waals surface area contributed by atoms with Crippen LogP contribution < -0.4 is 5.73 Å². The molecule has 3 heteroatoms.